The van der Waals surface area contributed by atoms with Gasteiger partial charge in [0.25, 0.3) is 0 Å². The molecule has 0 aliphatic rings. The lowest BCUT2D eigenvalue weighted by Gasteiger charge is -2.08. The van der Waals surface area contributed by atoms with Crippen LogP contribution in [0.5, 0.6) is 0 Å². The number of aryl methyl sites for hydroxylation is 1. The van der Waals surface area contributed by atoms with Crippen molar-refractivity contribution in [2.75, 3.05) is 0 Å². The Morgan fingerprint density at radius 3 is 2.69 bits per heavy atom. The molecule has 84 valence electrons. The minimum atomic E-state index is 0.0217. The Hall–Kier alpha value is -1.68. The molecule has 2 aromatic rings. The van der Waals surface area contributed by atoms with Gasteiger partial charge in [-0.25, -0.2) is 4.68 Å². The fourth-order valence-corrected chi connectivity index (χ4v) is 1.52. The monoisotopic (exact) mass is 216 g/mol. The van der Waals surface area contributed by atoms with Crippen LogP contribution in [0, 0.1) is 6.92 Å². The molecule has 16 heavy (non-hydrogen) atoms. The Bertz CT molecular complexity index is 458. The van der Waals surface area contributed by atoms with Gasteiger partial charge in [0, 0.05) is 12.2 Å². The maximum Gasteiger partial charge on any atom is 0.0829 e. The van der Waals surface area contributed by atoms with Gasteiger partial charge in [-0.05, 0) is 31.5 Å². The topological polar surface area (TPSA) is 56.7 Å². The first-order valence-electron chi connectivity index (χ1n) is 5.45. The Balaban J connectivity index is 2.25. The van der Waals surface area contributed by atoms with Crippen LogP contribution < -0.4 is 5.73 Å². The van der Waals surface area contributed by atoms with Crippen LogP contribution in [0.25, 0.3) is 5.69 Å². The predicted octanol–water partition coefficient (Wildman–Crippen LogP) is 1.99. The Morgan fingerprint density at radius 2 is 2.19 bits per heavy atom. The lowest BCUT2D eigenvalue weighted by atomic mass is 10.1. The van der Waals surface area contributed by atoms with Gasteiger partial charge in [0.1, 0.15) is 0 Å². The van der Waals surface area contributed by atoms with Crippen molar-refractivity contribution < 1.29 is 0 Å². The van der Waals surface area contributed by atoms with E-state index in [2.05, 4.69) is 17.0 Å². The number of rotatable bonds is 3. The van der Waals surface area contributed by atoms with E-state index in [1.807, 2.05) is 36.0 Å². The first kappa shape index (κ1) is 10.8. The van der Waals surface area contributed by atoms with Gasteiger partial charge in [-0.2, -0.15) is 5.10 Å². The maximum absolute atomic E-state index is 5.90. The third-order valence-electron chi connectivity index (χ3n) is 2.58. The van der Waals surface area contributed by atoms with Gasteiger partial charge in [-0.1, -0.05) is 6.92 Å². The van der Waals surface area contributed by atoms with Gasteiger partial charge in [-0.3, -0.25) is 4.98 Å². The smallest absolute Gasteiger partial charge is 0.0829 e. The van der Waals surface area contributed by atoms with Gasteiger partial charge < -0.3 is 5.73 Å². The highest BCUT2D eigenvalue weighted by atomic mass is 15.3. The summed E-state index contributed by atoms with van der Waals surface area (Å²) in [4.78, 5) is 4.35. The molecule has 0 aliphatic carbocycles. The van der Waals surface area contributed by atoms with Crippen LogP contribution in [0.4, 0.5) is 0 Å². The average Bonchev–Trinajstić information content (AvgIpc) is 2.75. The highest BCUT2D eigenvalue weighted by Crippen LogP contribution is 2.13. The second-order valence-electron chi connectivity index (χ2n) is 3.86. The molecule has 2 aromatic heterocycles. The van der Waals surface area contributed by atoms with Crippen LogP contribution >= 0.6 is 0 Å². The predicted molar refractivity (Wildman–Crippen MR) is 63.3 cm³/mol. The van der Waals surface area contributed by atoms with E-state index in [9.17, 15) is 0 Å². The number of nitrogens with two attached hydrogens (primary N) is 1. The summed E-state index contributed by atoms with van der Waals surface area (Å²) in [7, 11) is 0. The molecule has 0 aliphatic heterocycles. The number of nitrogens with zero attached hydrogens (tertiary/aromatic N) is 3. The van der Waals surface area contributed by atoms with E-state index < -0.39 is 0 Å². The molecule has 2 heterocycles. The number of hydrogen-bond donors (Lipinski definition) is 1. The van der Waals surface area contributed by atoms with Gasteiger partial charge >= 0.3 is 0 Å². The number of pyridine rings is 1. The molecule has 0 amide bonds. The van der Waals surface area contributed by atoms with Crippen LogP contribution in [0.3, 0.4) is 0 Å². The molecule has 2 rings (SSSR count). The molecule has 0 saturated carbocycles. The van der Waals surface area contributed by atoms with Crippen LogP contribution in [-0.4, -0.2) is 14.8 Å². The lowest BCUT2D eigenvalue weighted by Crippen LogP contribution is -2.10. The normalized spacial score (nSPS) is 12.7. The van der Waals surface area contributed by atoms with Gasteiger partial charge in [0.05, 0.1) is 23.3 Å². The van der Waals surface area contributed by atoms with Crippen molar-refractivity contribution in [1.29, 1.82) is 0 Å². The van der Waals surface area contributed by atoms with Crippen molar-refractivity contribution in [2.24, 2.45) is 5.73 Å². The molecule has 1 atom stereocenters. The molecular formula is C12H16N4. The SMILES string of the molecule is CC[C@H](N)c1ccc(-n2ccc(C)n2)cn1. The highest BCUT2D eigenvalue weighted by molar-refractivity contribution is 5.29. The number of hydrogen-bond acceptors (Lipinski definition) is 3. The second-order valence-corrected chi connectivity index (χ2v) is 3.86. The average molecular weight is 216 g/mol. The van der Waals surface area contributed by atoms with Crippen LogP contribution in [0.2, 0.25) is 0 Å². The second kappa shape index (κ2) is 4.45. The largest absolute Gasteiger partial charge is 0.323 e. The van der Waals surface area contributed by atoms with E-state index >= 15 is 0 Å². The van der Waals surface area contributed by atoms with Gasteiger partial charge in [-0.15, -0.1) is 0 Å². The minimum Gasteiger partial charge on any atom is -0.323 e. The van der Waals surface area contributed by atoms with Crippen molar-refractivity contribution in [3.63, 3.8) is 0 Å². The van der Waals surface area contributed by atoms with Crippen molar-refractivity contribution in [1.82, 2.24) is 14.8 Å². The maximum atomic E-state index is 5.90. The highest BCUT2D eigenvalue weighted by Gasteiger charge is 2.05. The Kier molecular flexibility index (Phi) is 3.01. The minimum absolute atomic E-state index is 0.0217. The molecule has 0 radical (unpaired) electrons. The van der Waals surface area contributed by atoms with Crippen molar-refractivity contribution in [3.8, 4) is 5.69 Å². The Labute approximate surface area is 95.1 Å². The molecule has 4 nitrogen and oxygen atoms in total. The van der Waals surface area contributed by atoms with E-state index in [0.717, 1.165) is 23.5 Å². The van der Waals surface area contributed by atoms with Crippen LogP contribution in [-0.2, 0) is 0 Å². The molecule has 0 aromatic carbocycles. The summed E-state index contributed by atoms with van der Waals surface area (Å²) < 4.78 is 1.81. The summed E-state index contributed by atoms with van der Waals surface area (Å²) in [5.41, 5.74) is 8.78. The first-order chi connectivity index (χ1) is 7.70. The third-order valence-corrected chi connectivity index (χ3v) is 2.58. The molecule has 0 fully saturated rings. The van der Waals surface area contributed by atoms with Crippen LogP contribution in [0.15, 0.2) is 30.6 Å². The summed E-state index contributed by atoms with van der Waals surface area (Å²) in [6, 6.07) is 5.93. The quantitative estimate of drug-likeness (QED) is 0.853. The zero-order valence-electron chi connectivity index (χ0n) is 9.59. The standard InChI is InChI=1S/C12H16N4/c1-3-11(13)12-5-4-10(8-14-12)16-7-6-9(2)15-16/h4-8,11H,3,13H2,1-2H3/t11-/m0/s1. The fourth-order valence-electron chi connectivity index (χ4n) is 1.52. The molecule has 0 saturated heterocycles. The van der Waals surface area contributed by atoms with E-state index in [1.165, 1.54) is 0 Å². The molecule has 0 bridgehead atoms. The zero-order valence-corrected chi connectivity index (χ0v) is 9.59. The van der Waals surface area contributed by atoms with Gasteiger partial charge in [0.15, 0.2) is 0 Å². The lowest BCUT2D eigenvalue weighted by molar-refractivity contribution is 0.674. The van der Waals surface area contributed by atoms with E-state index in [0.29, 0.717) is 0 Å². The summed E-state index contributed by atoms with van der Waals surface area (Å²) in [5, 5.41) is 4.32. The third kappa shape index (κ3) is 2.12. The summed E-state index contributed by atoms with van der Waals surface area (Å²) in [6.45, 7) is 4.02. The zero-order chi connectivity index (χ0) is 11.5. The first-order valence-corrected chi connectivity index (χ1v) is 5.45. The van der Waals surface area contributed by atoms with E-state index in [4.69, 9.17) is 5.73 Å². The van der Waals surface area contributed by atoms with Crippen molar-refractivity contribution in [3.05, 3.63) is 42.0 Å². The van der Waals surface area contributed by atoms with Crippen molar-refractivity contribution >= 4 is 0 Å². The van der Waals surface area contributed by atoms with Gasteiger partial charge in [0.2, 0.25) is 0 Å². The molecule has 4 heteroatoms. The molecular weight excluding hydrogens is 200 g/mol. The molecule has 0 unspecified atom stereocenters. The molecule has 2 N–H and O–H groups in total. The summed E-state index contributed by atoms with van der Waals surface area (Å²) in [6.07, 6.45) is 4.62. The number of aromatic nitrogens is 3. The summed E-state index contributed by atoms with van der Waals surface area (Å²) in [5.74, 6) is 0. The van der Waals surface area contributed by atoms with E-state index in [-0.39, 0.29) is 6.04 Å². The Morgan fingerprint density at radius 1 is 1.38 bits per heavy atom. The molecule has 0 spiro atoms. The summed E-state index contributed by atoms with van der Waals surface area (Å²) >= 11 is 0. The van der Waals surface area contributed by atoms with Crippen molar-refractivity contribution in [2.45, 2.75) is 26.3 Å². The fraction of sp³-hybridized carbons (Fsp3) is 0.333. The van der Waals surface area contributed by atoms with Crippen LogP contribution in [0.1, 0.15) is 30.8 Å². The van der Waals surface area contributed by atoms with E-state index in [1.54, 1.807) is 6.20 Å².